The third-order valence-electron chi connectivity index (χ3n) is 4.37. The number of carboxylic acid groups (broad SMARTS) is 1. The van der Waals surface area contributed by atoms with Gasteiger partial charge in [0.1, 0.15) is 0 Å². The first-order valence-electron chi connectivity index (χ1n) is 7.47. The molecule has 22 heavy (non-hydrogen) atoms. The number of aromatic carboxylic acids is 1. The second-order valence-electron chi connectivity index (χ2n) is 5.94. The lowest BCUT2D eigenvalue weighted by Crippen LogP contribution is -2.47. The smallest absolute Gasteiger partial charge is 0.335 e. The molecule has 1 saturated carbocycles. The Kier molecular flexibility index (Phi) is 5.03. The van der Waals surface area contributed by atoms with Crippen molar-refractivity contribution in [3.05, 3.63) is 35.4 Å². The molecule has 1 fully saturated rings. The van der Waals surface area contributed by atoms with Crippen molar-refractivity contribution in [2.75, 3.05) is 6.54 Å². The molecular weight excluding hydrogens is 284 g/mol. The van der Waals surface area contributed by atoms with Crippen molar-refractivity contribution >= 4 is 12.0 Å². The fraction of sp³-hybridized carbons (Fsp3) is 0.500. The summed E-state index contributed by atoms with van der Waals surface area (Å²) in [7, 11) is 0. The topological polar surface area (TPSA) is 98.7 Å². The van der Waals surface area contributed by atoms with Crippen LogP contribution >= 0.6 is 0 Å². The quantitative estimate of drug-likeness (QED) is 0.666. The molecule has 0 radical (unpaired) electrons. The minimum Gasteiger partial charge on any atom is -0.478 e. The Hall–Kier alpha value is -2.08. The minimum absolute atomic E-state index is 0.191. The van der Waals surface area contributed by atoms with Crippen LogP contribution in [0.3, 0.4) is 0 Å². The Morgan fingerprint density at radius 1 is 1.27 bits per heavy atom. The molecule has 0 aliphatic heterocycles. The number of rotatable bonds is 5. The number of nitrogens with one attached hydrogen (secondary N) is 2. The van der Waals surface area contributed by atoms with E-state index >= 15 is 0 Å². The number of carboxylic acids is 1. The predicted octanol–water partition coefficient (Wildman–Crippen LogP) is 1.74. The van der Waals surface area contributed by atoms with E-state index in [1.54, 1.807) is 12.1 Å². The van der Waals surface area contributed by atoms with Crippen LogP contribution < -0.4 is 10.6 Å². The van der Waals surface area contributed by atoms with Crippen LogP contribution in [0.1, 0.15) is 42.1 Å². The normalized spacial score (nSPS) is 24.0. The molecule has 0 saturated heterocycles. The van der Waals surface area contributed by atoms with E-state index in [1.807, 2.05) is 6.92 Å². The molecule has 1 aromatic rings. The summed E-state index contributed by atoms with van der Waals surface area (Å²) in [4.78, 5) is 22.5. The van der Waals surface area contributed by atoms with E-state index in [2.05, 4.69) is 10.6 Å². The van der Waals surface area contributed by atoms with E-state index in [0.717, 1.165) is 18.4 Å². The van der Waals surface area contributed by atoms with Crippen LogP contribution in [0.15, 0.2) is 24.3 Å². The zero-order valence-electron chi connectivity index (χ0n) is 12.6. The number of amides is 2. The molecule has 6 nitrogen and oxygen atoms in total. The maximum atomic E-state index is 11.8. The largest absolute Gasteiger partial charge is 0.478 e. The number of hydrogen-bond acceptors (Lipinski definition) is 3. The van der Waals surface area contributed by atoms with Gasteiger partial charge in [-0.2, -0.15) is 0 Å². The monoisotopic (exact) mass is 306 g/mol. The van der Waals surface area contributed by atoms with Crippen LogP contribution in [-0.4, -0.2) is 34.4 Å². The summed E-state index contributed by atoms with van der Waals surface area (Å²) in [6.45, 7) is 2.55. The number of urea groups is 1. The van der Waals surface area contributed by atoms with Crippen molar-refractivity contribution < 1.29 is 19.8 Å². The number of carbonyl (C=O) groups is 2. The van der Waals surface area contributed by atoms with Crippen LogP contribution in [0, 0.1) is 5.92 Å². The van der Waals surface area contributed by atoms with Gasteiger partial charge in [-0.3, -0.25) is 0 Å². The van der Waals surface area contributed by atoms with Gasteiger partial charge in [0.2, 0.25) is 0 Å². The first-order chi connectivity index (χ1) is 10.4. The van der Waals surface area contributed by atoms with Crippen molar-refractivity contribution in [3.63, 3.8) is 0 Å². The van der Waals surface area contributed by atoms with Gasteiger partial charge in [0.05, 0.1) is 11.2 Å². The zero-order valence-corrected chi connectivity index (χ0v) is 12.6. The molecule has 2 unspecified atom stereocenters. The molecule has 0 aromatic heterocycles. The standard InChI is InChI=1S/C16H22N2O4/c1-11-3-2-8-16(11,22)10-18-15(21)17-9-12-4-6-13(7-5-12)14(19)20/h4-7,11,22H,2-3,8-10H2,1H3,(H,19,20)(H2,17,18,21). The fourth-order valence-electron chi connectivity index (χ4n) is 2.74. The van der Waals surface area contributed by atoms with Gasteiger partial charge >= 0.3 is 12.0 Å². The SMILES string of the molecule is CC1CCCC1(O)CNC(=O)NCc1ccc(C(=O)O)cc1. The lowest BCUT2D eigenvalue weighted by atomic mass is 9.92. The lowest BCUT2D eigenvalue weighted by molar-refractivity contribution is 0.0123. The van der Waals surface area contributed by atoms with Gasteiger partial charge in [0, 0.05) is 13.1 Å². The summed E-state index contributed by atoms with van der Waals surface area (Å²) >= 11 is 0. The minimum atomic E-state index is -0.976. The molecule has 6 heteroatoms. The highest BCUT2D eigenvalue weighted by Gasteiger charge is 2.38. The highest BCUT2D eigenvalue weighted by molar-refractivity contribution is 5.87. The fourth-order valence-corrected chi connectivity index (χ4v) is 2.74. The van der Waals surface area contributed by atoms with E-state index in [4.69, 9.17) is 5.11 Å². The van der Waals surface area contributed by atoms with E-state index in [9.17, 15) is 14.7 Å². The van der Waals surface area contributed by atoms with Crippen LogP contribution in [-0.2, 0) is 6.54 Å². The summed E-state index contributed by atoms with van der Waals surface area (Å²) in [5, 5.41) is 24.6. The van der Waals surface area contributed by atoms with Crippen LogP contribution in [0.25, 0.3) is 0 Å². The van der Waals surface area contributed by atoms with Gasteiger partial charge in [0.25, 0.3) is 0 Å². The third kappa shape index (κ3) is 3.98. The number of carbonyl (C=O) groups excluding carboxylic acids is 1. The van der Waals surface area contributed by atoms with Crippen LogP contribution in [0.2, 0.25) is 0 Å². The van der Waals surface area contributed by atoms with E-state index in [1.165, 1.54) is 12.1 Å². The summed E-state index contributed by atoms with van der Waals surface area (Å²) in [6.07, 6.45) is 2.68. The van der Waals surface area contributed by atoms with Gasteiger partial charge in [-0.25, -0.2) is 9.59 Å². The second-order valence-corrected chi connectivity index (χ2v) is 5.94. The third-order valence-corrected chi connectivity index (χ3v) is 4.37. The molecule has 1 aliphatic rings. The van der Waals surface area contributed by atoms with Crippen molar-refractivity contribution in [3.8, 4) is 0 Å². The number of benzene rings is 1. The van der Waals surface area contributed by atoms with Gasteiger partial charge in [-0.05, 0) is 36.5 Å². The van der Waals surface area contributed by atoms with Gasteiger partial charge in [-0.15, -0.1) is 0 Å². The molecule has 1 aliphatic carbocycles. The van der Waals surface area contributed by atoms with Crippen molar-refractivity contribution in [1.82, 2.24) is 10.6 Å². The van der Waals surface area contributed by atoms with Crippen LogP contribution in [0.5, 0.6) is 0 Å². The Balaban J connectivity index is 1.77. The molecule has 0 bridgehead atoms. The predicted molar refractivity (Wildman–Crippen MR) is 81.6 cm³/mol. The highest BCUT2D eigenvalue weighted by Crippen LogP contribution is 2.34. The molecule has 4 N–H and O–H groups in total. The van der Waals surface area contributed by atoms with E-state index in [-0.39, 0.29) is 24.1 Å². The van der Waals surface area contributed by atoms with E-state index in [0.29, 0.717) is 13.0 Å². The Morgan fingerprint density at radius 2 is 1.95 bits per heavy atom. The molecule has 2 amide bonds. The molecular formula is C16H22N2O4. The van der Waals surface area contributed by atoms with Crippen molar-refractivity contribution in [1.29, 1.82) is 0 Å². The average molecular weight is 306 g/mol. The number of hydrogen-bond donors (Lipinski definition) is 4. The van der Waals surface area contributed by atoms with Gasteiger partial charge in [0.15, 0.2) is 0 Å². The molecule has 120 valence electrons. The highest BCUT2D eigenvalue weighted by atomic mass is 16.4. The molecule has 2 atom stereocenters. The Morgan fingerprint density at radius 3 is 2.50 bits per heavy atom. The summed E-state index contributed by atoms with van der Waals surface area (Å²) in [6, 6.07) is 5.99. The summed E-state index contributed by atoms with van der Waals surface area (Å²) < 4.78 is 0. The van der Waals surface area contributed by atoms with Gasteiger partial charge in [-0.1, -0.05) is 25.5 Å². The zero-order chi connectivity index (χ0) is 16.2. The van der Waals surface area contributed by atoms with Crippen molar-refractivity contribution in [2.24, 2.45) is 5.92 Å². The molecule has 1 aromatic carbocycles. The van der Waals surface area contributed by atoms with E-state index < -0.39 is 11.6 Å². The van der Waals surface area contributed by atoms with Crippen molar-refractivity contribution in [2.45, 2.75) is 38.3 Å². The first kappa shape index (κ1) is 16.3. The maximum Gasteiger partial charge on any atom is 0.335 e. The van der Waals surface area contributed by atoms with Gasteiger partial charge < -0.3 is 20.8 Å². The molecule has 0 heterocycles. The lowest BCUT2D eigenvalue weighted by Gasteiger charge is -2.27. The average Bonchev–Trinajstić information content (AvgIpc) is 2.83. The Labute approximate surface area is 129 Å². The first-order valence-corrected chi connectivity index (χ1v) is 7.47. The molecule has 2 rings (SSSR count). The molecule has 0 spiro atoms. The summed E-state index contributed by atoms with van der Waals surface area (Å²) in [5.74, 6) is -0.785. The maximum absolute atomic E-state index is 11.8. The number of aliphatic hydroxyl groups is 1. The summed E-state index contributed by atoms with van der Waals surface area (Å²) in [5.41, 5.74) is 0.222. The Bertz CT molecular complexity index is 544. The van der Waals surface area contributed by atoms with Crippen LogP contribution in [0.4, 0.5) is 4.79 Å². The second kappa shape index (κ2) is 6.79.